The fraction of sp³-hybridized carbons (Fsp3) is 0.231. The first-order valence-electron chi connectivity index (χ1n) is 4.88. The molecule has 0 aromatic heterocycles. The smallest absolute Gasteiger partial charge is 0.0963 e. The van der Waals surface area contributed by atoms with Gasteiger partial charge >= 0.3 is 0 Å². The van der Waals surface area contributed by atoms with Crippen molar-refractivity contribution < 1.29 is 4.74 Å². The maximum atomic E-state index is 5.04. The van der Waals surface area contributed by atoms with Gasteiger partial charge in [-0.25, -0.2) is 0 Å². The highest BCUT2D eigenvalue weighted by molar-refractivity contribution is 7.98. The van der Waals surface area contributed by atoms with Gasteiger partial charge in [0.15, 0.2) is 0 Å². The molecule has 0 aliphatic rings. The number of ether oxygens (including phenoxy) is 1. The molecular weight excluding hydrogens is 204 g/mol. The van der Waals surface area contributed by atoms with Crippen LogP contribution in [0, 0.1) is 0 Å². The Morgan fingerprint density at radius 3 is 2.53 bits per heavy atom. The van der Waals surface area contributed by atoms with Crippen LogP contribution in [0.15, 0.2) is 43.7 Å². The van der Waals surface area contributed by atoms with Gasteiger partial charge in [-0.3, -0.25) is 0 Å². The standard InChI is InChI=1S/C13H16OS/c1-3-12-5-7-13(8-6-12)11-15-10-9-14-4-2/h3-8H,1-2,9-11H2. The number of hydrogen-bond acceptors (Lipinski definition) is 2. The zero-order valence-electron chi connectivity index (χ0n) is 8.82. The van der Waals surface area contributed by atoms with Crippen molar-refractivity contribution in [2.75, 3.05) is 12.4 Å². The Labute approximate surface area is 95.8 Å². The van der Waals surface area contributed by atoms with Crippen LogP contribution in [-0.2, 0) is 10.5 Å². The van der Waals surface area contributed by atoms with Crippen molar-refractivity contribution in [2.45, 2.75) is 5.75 Å². The van der Waals surface area contributed by atoms with Crippen LogP contribution < -0.4 is 0 Å². The van der Waals surface area contributed by atoms with E-state index >= 15 is 0 Å². The van der Waals surface area contributed by atoms with E-state index < -0.39 is 0 Å². The maximum absolute atomic E-state index is 5.04. The van der Waals surface area contributed by atoms with Gasteiger partial charge in [0.25, 0.3) is 0 Å². The summed E-state index contributed by atoms with van der Waals surface area (Å²) in [7, 11) is 0. The second-order valence-corrected chi connectivity index (χ2v) is 4.14. The predicted molar refractivity (Wildman–Crippen MR) is 68.8 cm³/mol. The van der Waals surface area contributed by atoms with Gasteiger partial charge in [0, 0.05) is 11.5 Å². The number of rotatable bonds is 7. The van der Waals surface area contributed by atoms with E-state index in [9.17, 15) is 0 Å². The summed E-state index contributed by atoms with van der Waals surface area (Å²) in [4.78, 5) is 0. The third kappa shape index (κ3) is 4.75. The molecule has 0 radical (unpaired) electrons. The minimum Gasteiger partial charge on any atom is -0.501 e. The molecule has 0 fully saturated rings. The molecule has 15 heavy (non-hydrogen) atoms. The Bertz CT molecular complexity index is 303. The number of benzene rings is 1. The third-order valence-electron chi connectivity index (χ3n) is 1.95. The monoisotopic (exact) mass is 220 g/mol. The summed E-state index contributed by atoms with van der Waals surface area (Å²) in [5.74, 6) is 2.02. The lowest BCUT2D eigenvalue weighted by Crippen LogP contribution is -1.91. The Morgan fingerprint density at radius 2 is 1.93 bits per heavy atom. The van der Waals surface area contributed by atoms with Gasteiger partial charge in [0.1, 0.15) is 0 Å². The highest BCUT2D eigenvalue weighted by Gasteiger charge is 1.93. The van der Waals surface area contributed by atoms with Crippen molar-refractivity contribution in [1.29, 1.82) is 0 Å². The molecule has 0 spiro atoms. The highest BCUT2D eigenvalue weighted by atomic mass is 32.2. The van der Waals surface area contributed by atoms with E-state index in [2.05, 4.69) is 37.4 Å². The van der Waals surface area contributed by atoms with Crippen LogP contribution in [0.3, 0.4) is 0 Å². The summed E-state index contributed by atoms with van der Waals surface area (Å²) in [5.41, 5.74) is 2.50. The number of hydrogen-bond donors (Lipinski definition) is 0. The molecule has 0 bridgehead atoms. The summed E-state index contributed by atoms with van der Waals surface area (Å²) >= 11 is 1.86. The first-order valence-corrected chi connectivity index (χ1v) is 6.04. The first kappa shape index (κ1) is 11.9. The molecule has 1 aromatic carbocycles. The fourth-order valence-electron chi connectivity index (χ4n) is 1.13. The molecule has 1 aromatic rings. The summed E-state index contributed by atoms with van der Waals surface area (Å²) < 4.78 is 5.04. The predicted octanol–water partition coefficient (Wildman–Crippen LogP) is 3.72. The lowest BCUT2D eigenvalue weighted by molar-refractivity contribution is 0.274. The van der Waals surface area contributed by atoms with Gasteiger partial charge in [-0.1, -0.05) is 43.5 Å². The Kier molecular flexibility index (Phi) is 5.71. The molecule has 1 nitrogen and oxygen atoms in total. The van der Waals surface area contributed by atoms with Crippen molar-refractivity contribution >= 4 is 17.8 Å². The van der Waals surface area contributed by atoms with Crippen LogP contribution in [-0.4, -0.2) is 12.4 Å². The molecule has 0 saturated heterocycles. The Balaban J connectivity index is 2.25. The second-order valence-electron chi connectivity index (χ2n) is 3.04. The fourth-order valence-corrected chi connectivity index (χ4v) is 1.92. The molecule has 0 heterocycles. The minimum absolute atomic E-state index is 0.735. The van der Waals surface area contributed by atoms with Crippen LogP contribution in [0.1, 0.15) is 11.1 Å². The topological polar surface area (TPSA) is 9.23 Å². The van der Waals surface area contributed by atoms with Crippen LogP contribution in [0.4, 0.5) is 0 Å². The number of thioether (sulfide) groups is 1. The third-order valence-corrected chi connectivity index (χ3v) is 2.94. The summed E-state index contributed by atoms with van der Waals surface area (Å²) in [6.45, 7) is 7.96. The normalized spacial score (nSPS) is 9.60. The molecule has 80 valence electrons. The summed E-state index contributed by atoms with van der Waals surface area (Å²) in [5, 5.41) is 0. The first-order chi connectivity index (χ1) is 7.36. The van der Waals surface area contributed by atoms with Gasteiger partial charge in [-0.05, 0) is 11.1 Å². The van der Waals surface area contributed by atoms with Crippen molar-refractivity contribution in [3.8, 4) is 0 Å². The van der Waals surface area contributed by atoms with Gasteiger partial charge in [-0.2, -0.15) is 11.8 Å². The van der Waals surface area contributed by atoms with Crippen LogP contribution >= 0.6 is 11.8 Å². The molecule has 0 aliphatic heterocycles. The minimum atomic E-state index is 0.735. The van der Waals surface area contributed by atoms with E-state index in [0.29, 0.717) is 0 Å². The van der Waals surface area contributed by atoms with Crippen molar-refractivity contribution in [3.63, 3.8) is 0 Å². The van der Waals surface area contributed by atoms with Gasteiger partial charge < -0.3 is 4.74 Å². The summed E-state index contributed by atoms with van der Waals surface area (Å²) in [6, 6.07) is 8.45. The van der Waals surface area contributed by atoms with Gasteiger partial charge in [0.05, 0.1) is 12.9 Å². The van der Waals surface area contributed by atoms with Crippen molar-refractivity contribution in [2.24, 2.45) is 0 Å². The van der Waals surface area contributed by atoms with Crippen LogP contribution in [0.25, 0.3) is 6.08 Å². The van der Waals surface area contributed by atoms with E-state index in [-0.39, 0.29) is 0 Å². The van der Waals surface area contributed by atoms with Gasteiger partial charge in [-0.15, -0.1) is 0 Å². The Morgan fingerprint density at radius 1 is 1.20 bits per heavy atom. The van der Waals surface area contributed by atoms with E-state index in [1.165, 1.54) is 17.4 Å². The molecule has 0 aliphatic carbocycles. The molecule has 0 unspecified atom stereocenters. The SMILES string of the molecule is C=COCCSCc1ccc(C=C)cc1. The second kappa shape index (κ2) is 7.18. The average molecular weight is 220 g/mol. The lowest BCUT2D eigenvalue weighted by atomic mass is 10.1. The highest BCUT2D eigenvalue weighted by Crippen LogP contribution is 2.13. The zero-order valence-corrected chi connectivity index (χ0v) is 9.63. The van der Waals surface area contributed by atoms with Crippen LogP contribution in [0.5, 0.6) is 0 Å². The maximum Gasteiger partial charge on any atom is 0.0963 e. The zero-order chi connectivity index (χ0) is 10.9. The van der Waals surface area contributed by atoms with Crippen molar-refractivity contribution in [3.05, 3.63) is 54.8 Å². The van der Waals surface area contributed by atoms with E-state index in [0.717, 1.165) is 18.1 Å². The lowest BCUT2D eigenvalue weighted by Gasteiger charge is -2.02. The van der Waals surface area contributed by atoms with E-state index in [1.54, 1.807) is 0 Å². The molecule has 0 N–H and O–H groups in total. The molecule has 0 saturated carbocycles. The average Bonchev–Trinajstić information content (AvgIpc) is 2.30. The quantitative estimate of drug-likeness (QED) is 0.511. The Hall–Kier alpha value is -1.15. The molecule has 2 heteroatoms. The van der Waals surface area contributed by atoms with Crippen molar-refractivity contribution in [1.82, 2.24) is 0 Å². The largest absolute Gasteiger partial charge is 0.501 e. The van der Waals surface area contributed by atoms with Crippen LogP contribution in [0.2, 0.25) is 0 Å². The molecule has 0 amide bonds. The molecular formula is C13H16OS. The summed E-state index contributed by atoms with van der Waals surface area (Å²) in [6.07, 6.45) is 3.34. The molecule has 1 rings (SSSR count). The molecule has 0 atom stereocenters. The van der Waals surface area contributed by atoms with E-state index in [1.807, 2.05) is 17.8 Å². The van der Waals surface area contributed by atoms with Gasteiger partial charge in [0.2, 0.25) is 0 Å². The van der Waals surface area contributed by atoms with E-state index in [4.69, 9.17) is 4.74 Å².